The SMILES string of the molecule is CCN(c1ccnc(N)c1)c1ccccc1C. The quantitative estimate of drug-likeness (QED) is 0.876. The van der Waals surface area contributed by atoms with Gasteiger partial charge in [-0.25, -0.2) is 4.98 Å². The van der Waals surface area contributed by atoms with Crippen molar-refractivity contribution >= 4 is 17.2 Å². The van der Waals surface area contributed by atoms with Crippen LogP contribution in [0, 0.1) is 6.92 Å². The molecule has 0 amide bonds. The van der Waals surface area contributed by atoms with Gasteiger partial charge in [0.2, 0.25) is 0 Å². The molecule has 1 aromatic carbocycles. The second-order valence-corrected chi connectivity index (χ2v) is 3.97. The van der Waals surface area contributed by atoms with Gasteiger partial charge < -0.3 is 10.6 Å². The summed E-state index contributed by atoms with van der Waals surface area (Å²) in [5.74, 6) is 0.550. The maximum Gasteiger partial charge on any atom is 0.125 e. The average Bonchev–Trinajstić information content (AvgIpc) is 2.33. The summed E-state index contributed by atoms with van der Waals surface area (Å²) in [5.41, 5.74) is 9.27. The smallest absolute Gasteiger partial charge is 0.125 e. The van der Waals surface area contributed by atoms with Crippen LogP contribution in [-0.2, 0) is 0 Å². The Bertz CT molecular complexity index is 508. The first-order valence-electron chi connectivity index (χ1n) is 5.77. The van der Waals surface area contributed by atoms with Gasteiger partial charge in [0.1, 0.15) is 5.82 Å². The molecule has 0 saturated carbocycles. The van der Waals surface area contributed by atoms with Crippen LogP contribution in [0.3, 0.4) is 0 Å². The lowest BCUT2D eigenvalue weighted by Gasteiger charge is -2.25. The lowest BCUT2D eigenvalue weighted by Crippen LogP contribution is -2.17. The summed E-state index contributed by atoms with van der Waals surface area (Å²) in [5, 5.41) is 0. The van der Waals surface area contributed by atoms with Crippen LogP contribution in [0.25, 0.3) is 0 Å². The minimum atomic E-state index is 0.550. The second-order valence-electron chi connectivity index (χ2n) is 3.97. The van der Waals surface area contributed by atoms with E-state index < -0.39 is 0 Å². The normalized spacial score (nSPS) is 10.2. The monoisotopic (exact) mass is 227 g/mol. The molecule has 0 bridgehead atoms. The number of hydrogen-bond donors (Lipinski definition) is 1. The summed E-state index contributed by atoms with van der Waals surface area (Å²) in [4.78, 5) is 6.25. The van der Waals surface area contributed by atoms with Crippen molar-refractivity contribution in [3.8, 4) is 0 Å². The number of nitrogens with zero attached hydrogens (tertiary/aromatic N) is 2. The molecule has 0 aliphatic rings. The molecule has 1 heterocycles. The van der Waals surface area contributed by atoms with Gasteiger partial charge in [-0.1, -0.05) is 18.2 Å². The van der Waals surface area contributed by atoms with E-state index in [0.29, 0.717) is 5.82 Å². The van der Waals surface area contributed by atoms with E-state index >= 15 is 0 Å². The van der Waals surface area contributed by atoms with E-state index in [2.05, 4.69) is 41.9 Å². The molecule has 17 heavy (non-hydrogen) atoms. The first kappa shape index (κ1) is 11.5. The van der Waals surface area contributed by atoms with Crippen LogP contribution in [0.15, 0.2) is 42.6 Å². The predicted molar refractivity (Wildman–Crippen MR) is 72.5 cm³/mol. The van der Waals surface area contributed by atoms with E-state index in [4.69, 9.17) is 5.73 Å². The molecule has 0 atom stereocenters. The van der Waals surface area contributed by atoms with Crippen molar-refractivity contribution < 1.29 is 0 Å². The molecule has 0 aliphatic carbocycles. The highest BCUT2D eigenvalue weighted by atomic mass is 15.1. The minimum absolute atomic E-state index is 0.550. The molecule has 3 nitrogen and oxygen atoms in total. The number of hydrogen-bond acceptors (Lipinski definition) is 3. The van der Waals surface area contributed by atoms with Crippen LogP contribution >= 0.6 is 0 Å². The van der Waals surface area contributed by atoms with Gasteiger partial charge >= 0.3 is 0 Å². The number of para-hydroxylation sites is 1. The van der Waals surface area contributed by atoms with E-state index in [1.165, 1.54) is 11.3 Å². The summed E-state index contributed by atoms with van der Waals surface area (Å²) in [7, 11) is 0. The largest absolute Gasteiger partial charge is 0.384 e. The number of nitrogen functional groups attached to an aromatic ring is 1. The Morgan fingerprint density at radius 3 is 2.65 bits per heavy atom. The second kappa shape index (κ2) is 4.87. The van der Waals surface area contributed by atoms with E-state index in [1.807, 2.05) is 18.2 Å². The Morgan fingerprint density at radius 1 is 1.24 bits per heavy atom. The molecule has 0 radical (unpaired) electrons. The van der Waals surface area contributed by atoms with Gasteiger partial charge in [-0.15, -0.1) is 0 Å². The van der Waals surface area contributed by atoms with Gasteiger partial charge in [-0.05, 0) is 31.5 Å². The third-order valence-electron chi connectivity index (χ3n) is 2.80. The molecule has 2 rings (SSSR count). The van der Waals surface area contributed by atoms with Gasteiger partial charge in [0.05, 0.1) is 0 Å². The molecule has 0 spiro atoms. The molecule has 1 aromatic heterocycles. The third kappa shape index (κ3) is 2.38. The van der Waals surface area contributed by atoms with Crippen LogP contribution in [-0.4, -0.2) is 11.5 Å². The number of aryl methyl sites for hydroxylation is 1. The van der Waals surface area contributed by atoms with Crippen molar-refractivity contribution in [2.24, 2.45) is 0 Å². The van der Waals surface area contributed by atoms with Gasteiger partial charge in [0, 0.05) is 30.2 Å². The maximum absolute atomic E-state index is 5.73. The van der Waals surface area contributed by atoms with Crippen molar-refractivity contribution in [1.82, 2.24) is 4.98 Å². The molecule has 88 valence electrons. The van der Waals surface area contributed by atoms with Crippen LogP contribution in [0.5, 0.6) is 0 Å². The molecule has 0 saturated heterocycles. The summed E-state index contributed by atoms with van der Waals surface area (Å²) < 4.78 is 0. The standard InChI is InChI=1S/C14H17N3/c1-3-17(12-8-9-16-14(15)10-12)13-7-5-4-6-11(13)2/h4-10H,3H2,1-2H3,(H2,15,16). The summed E-state index contributed by atoms with van der Waals surface area (Å²) in [6.45, 7) is 5.14. The Labute approximate surface area is 102 Å². The first-order valence-corrected chi connectivity index (χ1v) is 5.77. The van der Waals surface area contributed by atoms with Crippen molar-refractivity contribution in [3.05, 3.63) is 48.2 Å². The number of aromatic nitrogens is 1. The summed E-state index contributed by atoms with van der Waals surface area (Å²) >= 11 is 0. The molecule has 0 fully saturated rings. The lowest BCUT2D eigenvalue weighted by molar-refractivity contribution is 1.01. The highest BCUT2D eigenvalue weighted by molar-refractivity contribution is 5.67. The summed E-state index contributed by atoms with van der Waals surface area (Å²) in [6, 6.07) is 12.2. The summed E-state index contributed by atoms with van der Waals surface area (Å²) in [6.07, 6.45) is 1.74. The first-order chi connectivity index (χ1) is 8.22. The highest BCUT2D eigenvalue weighted by Gasteiger charge is 2.09. The van der Waals surface area contributed by atoms with E-state index in [1.54, 1.807) is 6.20 Å². The van der Waals surface area contributed by atoms with E-state index in [9.17, 15) is 0 Å². The molecular formula is C14H17N3. The molecule has 2 aromatic rings. The third-order valence-corrected chi connectivity index (χ3v) is 2.80. The minimum Gasteiger partial charge on any atom is -0.384 e. The zero-order valence-corrected chi connectivity index (χ0v) is 10.2. The van der Waals surface area contributed by atoms with E-state index in [0.717, 1.165) is 12.2 Å². The zero-order chi connectivity index (χ0) is 12.3. The Hall–Kier alpha value is -2.03. The van der Waals surface area contributed by atoms with Gasteiger partial charge in [0.15, 0.2) is 0 Å². The molecule has 3 heteroatoms. The van der Waals surface area contributed by atoms with E-state index in [-0.39, 0.29) is 0 Å². The Kier molecular flexibility index (Phi) is 3.28. The number of benzene rings is 1. The van der Waals surface area contributed by atoms with Crippen molar-refractivity contribution in [1.29, 1.82) is 0 Å². The molecule has 2 N–H and O–H groups in total. The topological polar surface area (TPSA) is 42.2 Å². The van der Waals surface area contributed by atoms with Gasteiger partial charge in [-0.3, -0.25) is 0 Å². The van der Waals surface area contributed by atoms with Crippen molar-refractivity contribution in [2.75, 3.05) is 17.2 Å². The molecular weight excluding hydrogens is 210 g/mol. The molecule has 0 aliphatic heterocycles. The maximum atomic E-state index is 5.73. The average molecular weight is 227 g/mol. The van der Waals surface area contributed by atoms with Gasteiger partial charge in [0.25, 0.3) is 0 Å². The zero-order valence-electron chi connectivity index (χ0n) is 10.2. The number of pyridine rings is 1. The number of rotatable bonds is 3. The van der Waals surface area contributed by atoms with Crippen LogP contribution < -0.4 is 10.6 Å². The molecule has 0 unspecified atom stereocenters. The fraction of sp³-hybridized carbons (Fsp3) is 0.214. The van der Waals surface area contributed by atoms with Crippen LogP contribution in [0.2, 0.25) is 0 Å². The van der Waals surface area contributed by atoms with Crippen LogP contribution in [0.1, 0.15) is 12.5 Å². The Balaban J connectivity index is 2.44. The predicted octanol–water partition coefficient (Wildman–Crippen LogP) is 3.13. The Morgan fingerprint density at radius 2 is 2.00 bits per heavy atom. The fourth-order valence-corrected chi connectivity index (χ4v) is 1.96. The van der Waals surface area contributed by atoms with Crippen molar-refractivity contribution in [2.45, 2.75) is 13.8 Å². The number of nitrogens with two attached hydrogens (primary N) is 1. The highest BCUT2D eigenvalue weighted by Crippen LogP contribution is 2.28. The number of anilines is 3. The van der Waals surface area contributed by atoms with Gasteiger partial charge in [-0.2, -0.15) is 0 Å². The van der Waals surface area contributed by atoms with Crippen molar-refractivity contribution in [3.63, 3.8) is 0 Å². The van der Waals surface area contributed by atoms with Crippen LogP contribution in [0.4, 0.5) is 17.2 Å². The fourth-order valence-electron chi connectivity index (χ4n) is 1.96. The lowest BCUT2D eigenvalue weighted by atomic mass is 10.1.